The van der Waals surface area contributed by atoms with Gasteiger partial charge in [0, 0.05) is 18.0 Å². The molecule has 2 nitrogen and oxygen atoms in total. The summed E-state index contributed by atoms with van der Waals surface area (Å²) in [6.45, 7) is -0.0740. The normalized spacial score (nSPS) is 22.7. The van der Waals surface area contributed by atoms with E-state index in [1.54, 1.807) is 0 Å². The second kappa shape index (κ2) is 4.20. The predicted octanol–water partition coefficient (Wildman–Crippen LogP) is 3.26. The highest BCUT2D eigenvalue weighted by molar-refractivity contribution is 5.83. The minimum Gasteiger partial charge on any atom is -0.352 e. The maximum Gasteiger partial charge on any atom is 0.416 e. The Morgan fingerprint density at radius 2 is 2.05 bits per heavy atom. The molecule has 2 fully saturated rings. The number of carbonyl (C=O) groups excluding carboxylic acids is 1. The second-order valence-corrected chi connectivity index (χ2v) is 5.64. The first-order valence-electron chi connectivity index (χ1n) is 6.45. The van der Waals surface area contributed by atoms with Crippen molar-refractivity contribution in [3.63, 3.8) is 0 Å². The molecule has 0 aliphatic heterocycles. The van der Waals surface area contributed by atoms with Crippen molar-refractivity contribution in [2.75, 3.05) is 0 Å². The molecule has 0 aromatic heterocycles. The average molecular weight is 287 g/mol. The van der Waals surface area contributed by atoms with E-state index in [0.29, 0.717) is 6.07 Å². The molecule has 1 atom stereocenters. The second-order valence-electron chi connectivity index (χ2n) is 5.64. The van der Waals surface area contributed by atoms with Gasteiger partial charge in [-0.25, -0.2) is 4.39 Å². The number of halogens is 4. The lowest BCUT2D eigenvalue weighted by molar-refractivity contribution is -0.137. The third kappa shape index (κ3) is 2.39. The molecule has 108 valence electrons. The van der Waals surface area contributed by atoms with E-state index < -0.39 is 17.6 Å². The van der Waals surface area contributed by atoms with Crippen LogP contribution in [0.5, 0.6) is 0 Å². The molecular weight excluding hydrogens is 274 g/mol. The molecule has 2 saturated carbocycles. The van der Waals surface area contributed by atoms with Gasteiger partial charge >= 0.3 is 6.18 Å². The van der Waals surface area contributed by atoms with E-state index in [1.807, 2.05) is 0 Å². The van der Waals surface area contributed by atoms with Crippen LogP contribution >= 0.6 is 0 Å². The number of nitrogens with one attached hydrogen (secondary N) is 1. The molecule has 0 unspecified atom stereocenters. The Morgan fingerprint density at radius 3 is 2.55 bits per heavy atom. The Bertz CT molecular complexity index is 563. The Labute approximate surface area is 113 Å². The van der Waals surface area contributed by atoms with Crippen LogP contribution in [-0.2, 0) is 17.5 Å². The molecule has 0 radical (unpaired) electrons. The molecule has 2 aliphatic rings. The van der Waals surface area contributed by atoms with Crippen LogP contribution in [0.1, 0.15) is 30.4 Å². The van der Waals surface area contributed by atoms with Crippen molar-refractivity contribution in [2.24, 2.45) is 11.3 Å². The summed E-state index contributed by atoms with van der Waals surface area (Å²) in [5, 5.41) is 2.60. The average Bonchev–Trinajstić information content (AvgIpc) is 3.27. The van der Waals surface area contributed by atoms with Crippen LogP contribution < -0.4 is 5.32 Å². The van der Waals surface area contributed by atoms with Gasteiger partial charge in [-0.05, 0) is 36.8 Å². The molecule has 0 saturated heterocycles. The molecule has 1 aromatic carbocycles. The zero-order valence-corrected chi connectivity index (χ0v) is 10.6. The van der Waals surface area contributed by atoms with Crippen LogP contribution in [0.2, 0.25) is 0 Å². The summed E-state index contributed by atoms with van der Waals surface area (Å²) in [4.78, 5) is 11.8. The van der Waals surface area contributed by atoms with Crippen molar-refractivity contribution in [2.45, 2.75) is 32.0 Å². The van der Waals surface area contributed by atoms with Crippen LogP contribution in [0.25, 0.3) is 0 Å². The Hall–Kier alpha value is -1.59. The van der Waals surface area contributed by atoms with Gasteiger partial charge in [0.25, 0.3) is 0 Å². The summed E-state index contributed by atoms with van der Waals surface area (Å²) < 4.78 is 50.7. The van der Waals surface area contributed by atoms with Crippen molar-refractivity contribution >= 4 is 5.91 Å². The van der Waals surface area contributed by atoms with Crippen molar-refractivity contribution < 1.29 is 22.4 Å². The number of carbonyl (C=O) groups is 1. The lowest BCUT2D eigenvalue weighted by atomic mass is 10.1. The minimum atomic E-state index is -4.56. The van der Waals surface area contributed by atoms with E-state index in [2.05, 4.69) is 5.32 Å². The Kier molecular flexibility index (Phi) is 2.81. The summed E-state index contributed by atoms with van der Waals surface area (Å²) in [5.74, 6) is -1.06. The van der Waals surface area contributed by atoms with E-state index in [4.69, 9.17) is 0 Å². The summed E-state index contributed by atoms with van der Waals surface area (Å²) in [7, 11) is 0. The first-order valence-corrected chi connectivity index (χ1v) is 6.45. The van der Waals surface area contributed by atoms with Crippen molar-refractivity contribution in [3.05, 3.63) is 35.1 Å². The fraction of sp³-hybridized carbons (Fsp3) is 0.500. The SMILES string of the molecule is O=C(NCc1ccc(C(F)(F)F)cc1F)[C@@H]1CC12CC2. The van der Waals surface area contributed by atoms with Crippen molar-refractivity contribution in [3.8, 4) is 0 Å². The highest BCUT2D eigenvalue weighted by Gasteiger charge is 2.65. The molecular formula is C14H13F4NO. The smallest absolute Gasteiger partial charge is 0.352 e. The number of alkyl halides is 3. The Morgan fingerprint density at radius 1 is 1.35 bits per heavy atom. The van der Waals surface area contributed by atoms with Crippen LogP contribution in [0.4, 0.5) is 17.6 Å². The number of rotatable bonds is 3. The fourth-order valence-corrected chi connectivity index (χ4v) is 2.60. The van der Waals surface area contributed by atoms with Gasteiger partial charge in [-0.2, -0.15) is 13.2 Å². The van der Waals surface area contributed by atoms with Crippen molar-refractivity contribution in [1.29, 1.82) is 0 Å². The summed E-state index contributed by atoms with van der Waals surface area (Å²) in [6, 6.07) is 2.35. The zero-order valence-electron chi connectivity index (χ0n) is 10.6. The zero-order chi connectivity index (χ0) is 14.5. The molecule has 3 rings (SSSR count). The highest BCUT2D eigenvalue weighted by Crippen LogP contribution is 2.70. The number of hydrogen-bond donors (Lipinski definition) is 1. The molecule has 0 heterocycles. The third-order valence-corrected chi connectivity index (χ3v) is 4.23. The Balaban J connectivity index is 1.61. The van der Waals surface area contributed by atoms with Gasteiger partial charge in [0.1, 0.15) is 5.82 Å². The van der Waals surface area contributed by atoms with E-state index in [1.165, 1.54) is 0 Å². The molecule has 20 heavy (non-hydrogen) atoms. The summed E-state index contributed by atoms with van der Waals surface area (Å²) in [6.07, 6.45) is -1.54. The lowest BCUT2D eigenvalue weighted by Gasteiger charge is -2.10. The van der Waals surface area contributed by atoms with Crippen LogP contribution in [0.15, 0.2) is 18.2 Å². The van der Waals surface area contributed by atoms with Crippen LogP contribution in [0.3, 0.4) is 0 Å². The summed E-state index contributed by atoms with van der Waals surface area (Å²) in [5.41, 5.74) is -0.746. The first kappa shape index (κ1) is 13.4. The summed E-state index contributed by atoms with van der Waals surface area (Å²) >= 11 is 0. The maximum atomic E-state index is 13.6. The van der Waals surface area contributed by atoms with Gasteiger partial charge in [-0.3, -0.25) is 4.79 Å². The molecule has 1 amide bonds. The highest BCUT2D eigenvalue weighted by atomic mass is 19.4. The van der Waals surface area contributed by atoms with Gasteiger partial charge in [-0.1, -0.05) is 6.07 Å². The fourth-order valence-electron chi connectivity index (χ4n) is 2.60. The van der Waals surface area contributed by atoms with Gasteiger partial charge in [0.2, 0.25) is 5.91 Å². The standard InChI is InChI=1S/C14H13F4NO/c15-11-5-9(14(16,17)18)2-1-8(11)7-19-12(20)10-6-13(10)3-4-13/h1-2,5,10H,3-4,6-7H2,(H,19,20)/t10-/m0/s1. The molecule has 1 N–H and O–H groups in total. The maximum absolute atomic E-state index is 13.6. The number of benzene rings is 1. The van der Waals surface area contributed by atoms with Crippen LogP contribution in [-0.4, -0.2) is 5.91 Å². The molecule has 0 bridgehead atoms. The topological polar surface area (TPSA) is 29.1 Å². The van der Waals surface area contributed by atoms with Gasteiger partial charge in [0.15, 0.2) is 0 Å². The van der Waals surface area contributed by atoms with Crippen molar-refractivity contribution in [1.82, 2.24) is 5.32 Å². The molecule has 1 spiro atoms. The van der Waals surface area contributed by atoms with Gasteiger partial charge in [-0.15, -0.1) is 0 Å². The van der Waals surface area contributed by atoms with Crippen LogP contribution in [0, 0.1) is 17.2 Å². The minimum absolute atomic E-state index is 0.0139. The van der Waals surface area contributed by atoms with Gasteiger partial charge in [0.05, 0.1) is 5.56 Å². The molecule has 2 aliphatic carbocycles. The predicted molar refractivity (Wildman–Crippen MR) is 63.0 cm³/mol. The molecule has 6 heteroatoms. The van der Waals surface area contributed by atoms with E-state index in [-0.39, 0.29) is 29.3 Å². The van der Waals surface area contributed by atoms with E-state index in [0.717, 1.165) is 31.4 Å². The monoisotopic (exact) mass is 287 g/mol. The third-order valence-electron chi connectivity index (χ3n) is 4.23. The number of amides is 1. The molecule has 1 aromatic rings. The van der Waals surface area contributed by atoms with E-state index >= 15 is 0 Å². The first-order chi connectivity index (χ1) is 9.32. The number of hydrogen-bond acceptors (Lipinski definition) is 1. The largest absolute Gasteiger partial charge is 0.416 e. The lowest BCUT2D eigenvalue weighted by Crippen LogP contribution is -2.25. The van der Waals surface area contributed by atoms with Gasteiger partial charge < -0.3 is 5.32 Å². The quantitative estimate of drug-likeness (QED) is 0.849. The van der Waals surface area contributed by atoms with E-state index in [9.17, 15) is 22.4 Å².